The number of rotatable bonds is 62. The minimum atomic E-state index is -0.659. The van der Waals surface area contributed by atoms with E-state index in [2.05, 4.69) is 43.5 Å². The number of ether oxygens (including phenoxy) is 1. The fraction of sp³-hybridized carbons (Fsp3) is 0.910. The number of amides is 1. The zero-order valence-electron chi connectivity index (χ0n) is 49.4. The van der Waals surface area contributed by atoms with Gasteiger partial charge in [0.05, 0.1) is 25.4 Å². The van der Waals surface area contributed by atoms with Crippen molar-refractivity contribution in [3.8, 4) is 0 Å². The van der Waals surface area contributed by atoms with Crippen LogP contribution in [0.25, 0.3) is 0 Å². The molecular formula is C67H129NO5. The van der Waals surface area contributed by atoms with Crippen LogP contribution in [0.5, 0.6) is 0 Å². The Balaban J connectivity index is 3.30. The number of nitrogens with one attached hydrogen (secondary N) is 1. The lowest BCUT2D eigenvalue weighted by atomic mass is 10.0. The van der Waals surface area contributed by atoms with Crippen LogP contribution in [0.3, 0.4) is 0 Å². The molecule has 0 bridgehead atoms. The number of hydrogen-bond donors (Lipinski definition) is 3. The normalized spacial score (nSPS) is 12.7. The molecule has 2 atom stereocenters. The van der Waals surface area contributed by atoms with Crippen molar-refractivity contribution in [2.45, 2.75) is 379 Å². The van der Waals surface area contributed by atoms with Crippen LogP contribution in [0, 0.1) is 0 Å². The smallest absolute Gasteiger partial charge is 0.305 e. The Morgan fingerprint density at radius 1 is 0.384 bits per heavy atom. The van der Waals surface area contributed by atoms with Gasteiger partial charge in [0.2, 0.25) is 5.91 Å². The molecule has 0 saturated carbocycles. The average Bonchev–Trinajstić information content (AvgIpc) is 3.39. The van der Waals surface area contributed by atoms with Gasteiger partial charge in [0, 0.05) is 12.8 Å². The fourth-order valence-electron chi connectivity index (χ4n) is 10.4. The van der Waals surface area contributed by atoms with Crippen LogP contribution >= 0.6 is 0 Å². The van der Waals surface area contributed by atoms with Crippen LogP contribution in [0.15, 0.2) is 24.3 Å². The third-order valence-corrected chi connectivity index (χ3v) is 15.5. The van der Waals surface area contributed by atoms with Gasteiger partial charge in [0.1, 0.15) is 0 Å². The minimum absolute atomic E-state index is 0.0120. The maximum atomic E-state index is 12.4. The molecule has 0 spiro atoms. The van der Waals surface area contributed by atoms with Crippen molar-refractivity contribution in [3.05, 3.63) is 24.3 Å². The Morgan fingerprint density at radius 2 is 0.685 bits per heavy atom. The fourth-order valence-corrected chi connectivity index (χ4v) is 10.4. The number of carbonyl (C=O) groups is 2. The summed E-state index contributed by atoms with van der Waals surface area (Å²) in [7, 11) is 0. The third kappa shape index (κ3) is 59.4. The van der Waals surface area contributed by atoms with Crippen LogP contribution in [0.2, 0.25) is 0 Å². The third-order valence-electron chi connectivity index (χ3n) is 15.5. The molecule has 3 N–H and O–H groups in total. The zero-order valence-corrected chi connectivity index (χ0v) is 49.4. The van der Waals surface area contributed by atoms with Crippen molar-refractivity contribution in [3.63, 3.8) is 0 Å². The highest BCUT2D eigenvalue weighted by Gasteiger charge is 2.20. The largest absolute Gasteiger partial charge is 0.466 e. The molecule has 6 heteroatoms. The SMILES string of the molecule is CCCCC/C=C\C/C=C\CCCCCCCCCC(=O)OCCCCCCCCCCCCCCCCCCCCCCCCCCCCCCCC(=O)NC(CO)C(O)CCCCCCCCCCCC. The van der Waals surface area contributed by atoms with E-state index < -0.39 is 12.1 Å². The highest BCUT2D eigenvalue weighted by molar-refractivity contribution is 5.76. The summed E-state index contributed by atoms with van der Waals surface area (Å²) in [4.78, 5) is 24.5. The molecule has 0 aromatic carbocycles. The quantitative estimate of drug-likeness (QED) is 0.0320. The highest BCUT2D eigenvalue weighted by atomic mass is 16.5. The summed E-state index contributed by atoms with van der Waals surface area (Å²) < 4.78 is 5.50. The summed E-state index contributed by atoms with van der Waals surface area (Å²) >= 11 is 0. The lowest BCUT2D eigenvalue weighted by molar-refractivity contribution is -0.143. The molecule has 0 saturated heterocycles. The van der Waals surface area contributed by atoms with Crippen LogP contribution in [-0.2, 0) is 14.3 Å². The Morgan fingerprint density at radius 3 is 1.07 bits per heavy atom. The standard InChI is InChI=1S/C67H129NO5/c1-3-5-7-9-11-13-15-16-17-31-35-38-41-45-49-53-57-61-67(72)73-62-58-54-50-46-42-39-36-33-30-28-26-24-22-20-18-19-21-23-25-27-29-32-34-37-40-44-48-52-56-60-66(71)68-64(63-69)65(70)59-55-51-47-43-14-12-10-8-6-4-2/h11,13,16-17,64-65,69-70H,3-10,12,14-15,18-63H2,1-2H3,(H,68,71)/b13-11-,17-16-. The van der Waals surface area contributed by atoms with Crippen LogP contribution < -0.4 is 5.32 Å². The van der Waals surface area contributed by atoms with Gasteiger partial charge in [-0.3, -0.25) is 9.59 Å². The first kappa shape index (κ1) is 71.3. The van der Waals surface area contributed by atoms with Gasteiger partial charge in [-0.2, -0.15) is 0 Å². The van der Waals surface area contributed by atoms with Gasteiger partial charge < -0.3 is 20.3 Å². The van der Waals surface area contributed by atoms with E-state index in [0.29, 0.717) is 25.9 Å². The summed E-state index contributed by atoms with van der Waals surface area (Å²) in [6.07, 6.45) is 77.9. The molecular weight excluding hydrogens is 899 g/mol. The average molecular weight is 1030 g/mol. The molecule has 0 aliphatic heterocycles. The van der Waals surface area contributed by atoms with Crippen molar-refractivity contribution >= 4 is 11.9 Å². The van der Waals surface area contributed by atoms with Gasteiger partial charge in [0.15, 0.2) is 0 Å². The zero-order chi connectivity index (χ0) is 52.9. The second kappa shape index (κ2) is 62.9. The van der Waals surface area contributed by atoms with Crippen LogP contribution in [0.1, 0.15) is 367 Å². The number of aliphatic hydroxyl groups excluding tert-OH is 2. The summed E-state index contributed by atoms with van der Waals surface area (Å²) in [6.45, 7) is 4.93. The number of allylic oxidation sites excluding steroid dienone is 4. The van der Waals surface area contributed by atoms with Gasteiger partial charge in [0.25, 0.3) is 0 Å². The van der Waals surface area contributed by atoms with Crippen molar-refractivity contribution in [1.82, 2.24) is 5.32 Å². The molecule has 6 nitrogen and oxygen atoms in total. The minimum Gasteiger partial charge on any atom is -0.466 e. The molecule has 73 heavy (non-hydrogen) atoms. The van der Waals surface area contributed by atoms with E-state index in [-0.39, 0.29) is 18.5 Å². The molecule has 0 aliphatic rings. The van der Waals surface area contributed by atoms with Gasteiger partial charge in [-0.25, -0.2) is 0 Å². The molecule has 2 unspecified atom stereocenters. The molecule has 0 aromatic rings. The number of carbonyl (C=O) groups excluding carboxylic acids is 2. The van der Waals surface area contributed by atoms with Gasteiger partial charge in [-0.1, -0.05) is 321 Å². The first-order valence-corrected chi connectivity index (χ1v) is 33.1. The molecule has 0 aromatic heterocycles. The van der Waals surface area contributed by atoms with E-state index in [4.69, 9.17) is 4.74 Å². The lowest BCUT2D eigenvalue weighted by Gasteiger charge is -2.22. The summed E-state index contributed by atoms with van der Waals surface area (Å²) in [5.74, 6) is -0.0196. The van der Waals surface area contributed by atoms with Gasteiger partial charge in [-0.15, -0.1) is 0 Å². The van der Waals surface area contributed by atoms with Crippen molar-refractivity contribution in [2.24, 2.45) is 0 Å². The molecule has 1 amide bonds. The number of esters is 1. The van der Waals surface area contributed by atoms with Crippen LogP contribution in [-0.4, -0.2) is 47.4 Å². The summed E-state index contributed by atoms with van der Waals surface area (Å²) in [5, 5.41) is 23.2. The van der Waals surface area contributed by atoms with E-state index in [9.17, 15) is 19.8 Å². The topological polar surface area (TPSA) is 95.9 Å². The van der Waals surface area contributed by atoms with Crippen LogP contribution in [0.4, 0.5) is 0 Å². The van der Waals surface area contributed by atoms with Gasteiger partial charge in [-0.05, 0) is 57.8 Å². The molecule has 0 heterocycles. The summed E-state index contributed by atoms with van der Waals surface area (Å²) in [5.41, 5.74) is 0. The first-order valence-electron chi connectivity index (χ1n) is 33.1. The second-order valence-electron chi connectivity index (χ2n) is 22.8. The monoisotopic (exact) mass is 1030 g/mol. The predicted octanol–water partition coefficient (Wildman–Crippen LogP) is 21.0. The highest BCUT2D eigenvalue weighted by Crippen LogP contribution is 2.18. The maximum Gasteiger partial charge on any atom is 0.305 e. The van der Waals surface area contributed by atoms with E-state index >= 15 is 0 Å². The first-order chi connectivity index (χ1) is 36.0. The van der Waals surface area contributed by atoms with Crippen molar-refractivity contribution in [2.75, 3.05) is 13.2 Å². The summed E-state index contributed by atoms with van der Waals surface area (Å²) in [6, 6.07) is -0.536. The Bertz CT molecular complexity index is 1140. The predicted molar refractivity (Wildman–Crippen MR) is 320 cm³/mol. The van der Waals surface area contributed by atoms with Gasteiger partial charge >= 0.3 is 5.97 Å². The molecule has 0 rings (SSSR count). The molecule has 432 valence electrons. The van der Waals surface area contributed by atoms with E-state index in [1.54, 1.807) is 0 Å². The van der Waals surface area contributed by atoms with Crippen molar-refractivity contribution in [1.29, 1.82) is 0 Å². The van der Waals surface area contributed by atoms with E-state index in [1.807, 2.05) is 0 Å². The van der Waals surface area contributed by atoms with E-state index in [0.717, 1.165) is 51.4 Å². The Kier molecular flexibility index (Phi) is 61.4. The number of unbranched alkanes of at least 4 members (excludes halogenated alkanes) is 47. The maximum absolute atomic E-state index is 12.4. The number of hydrogen-bond acceptors (Lipinski definition) is 5. The molecule has 0 radical (unpaired) electrons. The van der Waals surface area contributed by atoms with Crippen molar-refractivity contribution < 1.29 is 24.5 Å². The molecule has 0 fully saturated rings. The Labute approximate surface area is 456 Å². The lowest BCUT2D eigenvalue weighted by Crippen LogP contribution is -2.45. The Hall–Kier alpha value is -1.66. The molecule has 0 aliphatic carbocycles. The van der Waals surface area contributed by atoms with E-state index in [1.165, 1.54) is 283 Å². The number of aliphatic hydroxyl groups is 2. The second-order valence-corrected chi connectivity index (χ2v) is 22.8.